The third-order valence-corrected chi connectivity index (χ3v) is 5.49. The van der Waals surface area contributed by atoms with Gasteiger partial charge in [-0.1, -0.05) is 37.1 Å². The van der Waals surface area contributed by atoms with Gasteiger partial charge in [-0.05, 0) is 61.2 Å². The molecule has 154 valence electrons. The van der Waals surface area contributed by atoms with Crippen LogP contribution in [0.5, 0.6) is 0 Å². The van der Waals surface area contributed by atoms with Gasteiger partial charge in [0, 0.05) is 41.8 Å². The van der Waals surface area contributed by atoms with Crippen LogP contribution >= 0.6 is 11.6 Å². The number of anilines is 1. The van der Waals surface area contributed by atoms with E-state index in [0.29, 0.717) is 23.7 Å². The van der Waals surface area contributed by atoms with Gasteiger partial charge in [-0.2, -0.15) is 0 Å². The minimum Gasteiger partial charge on any atom is -0.352 e. The van der Waals surface area contributed by atoms with Crippen molar-refractivity contribution in [3.63, 3.8) is 0 Å². The summed E-state index contributed by atoms with van der Waals surface area (Å²) < 4.78 is 0. The number of nitrogens with one attached hydrogen (secondary N) is 2. The lowest BCUT2D eigenvalue weighted by atomic mass is 9.89. The van der Waals surface area contributed by atoms with E-state index >= 15 is 0 Å². The molecular formula is C23H28ClN3O2. The lowest BCUT2D eigenvalue weighted by Gasteiger charge is -2.33. The van der Waals surface area contributed by atoms with E-state index in [1.54, 1.807) is 24.3 Å². The molecule has 1 heterocycles. The minimum atomic E-state index is -0.106. The quantitative estimate of drug-likeness (QED) is 0.632. The maximum absolute atomic E-state index is 12.7. The van der Waals surface area contributed by atoms with Crippen LogP contribution in [0.4, 0.5) is 10.5 Å². The largest absolute Gasteiger partial charge is 0.352 e. The van der Waals surface area contributed by atoms with Crippen molar-refractivity contribution in [2.24, 2.45) is 0 Å². The van der Waals surface area contributed by atoms with Gasteiger partial charge < -0.3 is 15.5 Å². The molecule has 1 fully saturated rings. The summed E-state index contributed by atoms with van der Waals surface area (Å²) in [5, 5.41) is 6.54. The summed E-state index contributed by atoms with van der Waals surface area (Å²) in [6.07, 6.45) is 3.97. The van der Waals surface area contributed by atoms with E-state index in [4.69, 9.17) is 11.6 Å². The Balaban J connectivity index is 1.62. The van der Waals surface area contributed by atoms with Crippen molar-refractivity contribution in [1.82, 2.24) is 10.2 Å². The van der Waals surface area contributed by atoms with Gasteiger partial charge in [0.2, 0.25) is 0 Å². The number of hydrogen-bond acceptors (Lipinski definition) is 2. The third-order valence-electron chi connectivity index (χ3n) is 5.24. The second-order valence-electron chi connectivity index (χ2n) is 7.46. The first-order chi connectivity index (χ1) is 14.1. The molecule has 1 aliphatic heterocycles. The van der Waals surface area contributed by atoms with Crippen LogP contribution < -0.4 is 10.6 Å². The van der Waals surface area contributed by atoms with Gasteiger partial charge in [-0.15, -0.1) is 0 Å². The summed E-state index contributed by atoms with van der Waals surface area (Å²) in [4.78, 5) is 26.9. The fraction of sp³-hybridized carbons (Fsp3) is 0.391. The first kappa shape index (κ1) is 21.2. The number of unbranched alkanes of at least 4 members (excludes halogenated alkanes) is 1. The molecule has 6 heteroatoms. The van der Waals surface area contributed by atoms with Gasteiger partial charge in [0.25, 0.3) is 5.91 Å². The molecule has 29 heavy (non-hydrogen) atoms. The number of carbonyl (C=O) groups is 2. The first-order valence-electron chi connectivity index (χ1n) is 10.3. The fourth-order valence-corrected chi connectivity index (χ4v) is 3.71. The highest BCUT2D eigenvalue weighted by molar-refractivity contribution is 6.30. The zero-order valence-electron chi connectivity index (χ0n) is 16.8. The number of piperidine rings is 1. The summed E-state index contributed by atoms with van der Waals surface area (Å²) in [7, 11) is 0. The van der Waals surface area contributed by atoms with Crippen molar-refractivity contribution in [1.29, 1.82) is 0 Å². The van der Waals surface area contributed by atoms with E-state index in [2.05, 4.69) is 17.6 Å². The lowest BCUT2D eigenvalue weighted by molar-refractivity contribution is 0.0953. The number of rotatable bonds is 6. The van der Waals surface area contributed by atoms with E-state index in [9.17, 15) is 9.59 Å². The fourth-order valence-electron chi connectivity index (χ4n) is 3.58. The van der Waals surface area contributed by atoms with Crippen LogP contribution in [0.15, 0.2) is 48.5 Å². The summed E-state index contributed by atoms with van der Waals surface area (Å²) in [6, 6.07) is 14.8. The molecule has 5 nitrogen and oxygen atoms in total. The number of carbonyl (C=O) groups excluding carboxylic acids is 2. The number of benzene rings is 2. The van der Waals surface area contributed by atoms with Gasteiger partial charge in [-0.3, -0.25) is 4.79 Å². The smallest absolute Gasteiger partial charge is 0.321 e. The molecule has 1 atom stereocenters. The predicted molar refractivity (Wildman–Crippen MR) is 118 cm³/mol. The highest BCUT2D eigenvalue weighted by Crippen LogP contribution is 2.28. The van der Waals surface area contributed by atoms with E-state index in [1.807, 2.05) is 29.2 Å². The number of halogens is 1. The molecule has 1 saturated heterocycles. The van der Waals surface area contributed by atoms with Crippen molar-refractivity contribution in [3.8, 4) is 0 Å². The van der Waals surface area contributed by atoms with Crippen LogP contribution in [0, 0.1) is 0 Å². The van der Waals surface area contributed by atoms with Crippen molar-refractivity contribution >= 4 is 29.2 Å². The molecule has 2 aromatic carbocycles. The van der Waals surface area contributed by atoms with Crippen molar-refractivity contribution < 1.29 is 9.59 Å². The van der Waals surface area contributed by atoms with Crippen LogP contribution in [0.2, 0.25) is 5.02 Å². The monoisotopic (exact) mass is 413 g/mol. The highest BCUT2D eigenvalue weighted by Gasteiger charge is 2.25. The van der Waals surface area contributed by atoms with Gasteiger partial charge in [0.1, 0.15) is 0 Å². The van der Waals surface area contributed by atoms with E-state index in [0.717, 1.165) is 43.5 Å². The molecule has 0 radical (unpaired) electrons. The molecular weight excluding hydrogens is 386 g/mol. The number of nitrogens with zero attached hydrogens (tertiary/aromatic N) is 1. The molecule has 2 N–H and O–H groups in total. The van der Waals surface area contributed by atoms with Crippen LogP contribution in [0.25, 0.3) is 0 Å². The molecule has 0 saturated carbocycles. The van der Waals surface area contributed by atoms with E-state index in [1.165, 1.54) is 0 Å². The van der Waals surface area contributed by atoms with Crippen LogP contribution in [0.1, 0.15) is 54.4 Å². The summed E-state index contributed by atoms with van der Waals surface area (Å²) in [5.74, 6) is 0.191. The normalized spacial score (nSPS) is 16.3. The van der Waals surface area contributed by atoms with Crippen molar-refractivity contribution in [3.05, 3.63) is 64.7 Å². The van der Waals surface area contributed by atoms with Gasteiger partial charge in [0.05, 0.1) is 0 Å². The van der Waals surface area contributed by atoms with Crippen LogP contribution in [-0.2, 0) is 0 Å². The Bertz CT molecular complexity index is 838. The molecule has 0 spiro atoms. The van der Waals surface area contributed by atoms with Gasteiger partial charge >= 0.3 is 6.03 Å². The molecule has 0 aliphatic carbocycles. The molecule has 0 unspecified atom stereocenters. The topological polar surface area (TPSA) is 61.4 Å². The predicted octanol–water partition coefficient (Wildman–Crippen LogP) is 5.28. The SMILES string of the molecule is CCCCNC(=O)c1cccc([C@H]2CCCN(C(=O)Nc3ccc(Cl)cc3)C2)c1. The molecule has 3 amide bonds. The maximum Gasteiger partial charge on any atom is 0.321 e. The zero-order valence-corrected chi connectivity index (χ0v) is 17.5. The Morgan fingerprint density at radius 3 is 2.72 bits per heavy atom. The Hall–Kier alpha value is -2.53. The first-order valence-corrected chi connectivity index (χ1v) is 10.6. The second-order valence-corrected chi connectivity index (χ2v) is 7.89. The van der Waals surface area contributed by atoms with Gasteiger partial charge in [0.15, 0.2) is 0 Å². The second kappa shape index (κ2) is 10.3. The van der Waals surface area contributed by atoms with E-state index < -0.39 is 0 Å². The molecule has 3 rings (SSSR count). The van der Waals surface area contributed by atoms with Crippen LogP contribution in [0.3, 0.4) is 0 Å². The van der Waals surface area contributed by atoms with Crippen molar-refractivity contribution in [2.45, 2.75) is 38.5 Å². The summed E-state index contributed by atoms with van der Waals surface area (Å²) in [5.41, 5.74) is 2.52. The molecule has 0 bridgehead atoms. The van der Waals surface area contributed by atoms with Crippen LogP contribution in [-0.4, -0.2) is 36.5 Å². The van der Waals surface area contributed by atoms with E-state index in [-0.39, 0.29) is 17.9 Å². The number of likely N-dealkylation sites (tertiary alicyclic amines) is 1. The molecule has 1 aliphatic rings. The van der Waals surface area contributed by atoms with Gasteiger partial charge in [-0.25, -0.2) is 4.79 Å². The number of amides is 3. The minimum absolute atomic E-state index is 0.0338. The Morgan fingerprint density at radius 1 is 1.17 bits per heavy atom. The molecule has 2 aromatic rings. The third kappa shape index (κ3) is 5.97. The average Bonchev–Trinajstić information content (AvgIpc) is 2.75. The Morgan fingerprint density at radius 2 is 1.97 bits per heavy atom. The Labute approximate surface area is 177 Å². The average molecular weight is 414 g/mol. The van der Waals surface area contributed by atoms with Crippen molar-refractivity contribution in [2.75, 3.05) is 25.0 Å². The zero-order chi connectivity index (χ0) is 20.6. The Kier molecular flexibility index (Phi) is 7.53. The summed E-state index contributed by atoms with van der Waals surface area (Å²) in [6.45, 7) is 4.17. The highest BCUT2D eigenvalue weighted by atomic mass is 35.5. The summed E-state index contributed by atoms with van der Waals surface area (Å²) >= 11 is 5.90. The lowest BCUT2D eigenvalue weighted by Crippen LogP contribution is -2.41. The standard InChI is InChI=1S/C23H28ClN3O2/c1-2-3-13-25-22(28)18-7-4-6-17(15-18)19-8-5-14-27(16-19)23(29)26-21-11-9-20(24)10-12-21/h4,6-7,9-12,15,19H,2-3,5,8,13-14,16H2,1H3,(H,25,28)(H,26,29)/t19-/m0/s1. The number of urea groups is 1. The maximum atomic E-state index is 12.7. The number of hydrogen-bond donors (Lipinski definition) is 2. The molecule has 0 aromatic heterocycles.